The van der Waals surface area contributed by atoms with Gasteiger partial charge in [0.15, 0.2) is 0 Å². The number of amides is 2. The van der Waals surface area contributed by atoms with Crippen molar-refractivity contribution in [1.29, 1.82) is 0 Å². The first kappa shape index (κ1) is 20.2. The fraction of sp³-hybridized carbons (Fsp3) is 0.350. The lowest BCUT2D eigenvalue weighted by molar-refractivity contribution is 0.0697. The van der Waals surface area contributed by atoms with Crippen LogP contribution in [0.1, 0.15) is 40.6 Å². The van der Waals surface area contributed by atoms with E-state index in [1.807, 2.05) is 0 Å². The van der Waals surface area contributed by atoms with Crippen LogP contribution in [0.3, 0.4) is 0 Å². The Morgan fingerprint density at radius 2 is 1.86 bits per heavy atom. The third-order valence-electron chi connectivity index (χ3n) is 4.48. The minimum absolute atomic E-state index is 0.0195. The Morgan fingerprint density at radius 3 is 2.48 bits per heavy atom. The molecule has 0 unspecified atom stereocenters. The normalized spacial score (nSPS) is 14.2. The zero-order valence-corrected chi connectivity index (χ0v) is 16.0. The van der Waals surface area contributed by atoms with Crippen LogP contribution in [0.4, 0.5) is 4.79 Å². The average Bonchev–Trinajstić information content (AvgIpc) is 2.75. The van der Waals surface area contributed by atoms with E-state index in [4.69, 9.17) is 9.47 Å². The number of hydrogen-bond donors (Lipinski definition) is 1. The van der Waals surface area contributed by atoms with E-state index in [0.29, 0.717) is 37.2 Å². The molecule has 3 rings (SSSR count). The summed E-state index contributed by atoms with van der Waals surface area (Å²) in [5, 5.41) is 2.93. The topological polar surface area (TPSA) is 111 Å². The predicted octanol–water partition coefficient (Wildman–Crippen LogP) is 2.05. The van der Waals surface area contributed by atoms with Gasteiger partial charge in [0.1, 0.15) is 11.4 Å². The fourth-order valence-corrected chi connectivity index (χ4v) is 2.99. The fourth-order valence-electron chi connectivity index (χ4n) is 2.99. The van der Waals surface area contributed by atoms with Gasteiger partial charge in [-0.2, -0.15) is 0 Å². The van der Waals surface area contributed by atoms with Crippen molar-refractivity contribution in [3.05, 3.63) is 54.1 Å². The highest BCUT2D eigenvalue weighted by atomic mass is 16.7. The van der Waals surface area contributed by atoms with Crippen LogP contribution in [-0.2, 0) is 4.74 Å². The lowest BCUT2D eigenvalue weighted by Crippen LogP contribution is -2.46. The summed E-state index contributed by atoms with van der Waals surface area (Å²) in [6.45, 7) is 2.98. The Morgan fingerprint density at radius 1 is 1.14 bits per heavy atom. The summed E-state index contributed by atoms with van der Waals surface area (Å²) in [6.07, 6.45) is 4.93. The number of ether oxygens (including phenoxy) is 2. The number of nitrogens with one attached hydrogen (secondary N) is 1. The summed E-state index contributed by atoms with van der Waals surface area (Å²) >= 11 is 0. The Kier molecular flexibility index (Phi) is 6.72. The van der Waals surface area contributed by atoms with Gasteiger partial charge in [-0.25, -0.2) is 9.78 Å². The number of hydrogen-bond acceptors (Lipinski definition) is 7. The molecule has 9 nitrogen and oxygen atoms in total. The molecule has 1 saturated heterocycles. The van der Waals surface area contributed by atoms with Crippen molar-refractivity contribution >= 4 is 18.0 Å². The third kappa shape index (κ3) is 5.50. The van der Waals surface area contributed by atoms with E-state index < -0.39 is 6.16 Å². The summed E-state index contributed by atoms with van der Waals surface area (Å²) in [5.41, 5.74) is 0.777. The molecule has 1 aromatic heterocycles. The zero-order chi connectivity index (χ0) is 20.6. The van der Waals surface area contributed by atoms with Gasteiger partial charge in [-0.15, -0.1) is 0 Å². The highest BCUT2D eigenvalue weighted by Gasteiger charge is 2.25. The van der Waals surface area contributed by atoms with E-state index in [9.17, 15) is 14.4 Å². The molecule has 1 N–H and O–H groups in total. The Hall–Kier alpha value is -3.49. The van der Waals surface area contributed by atoms with E-state index in [1.165, 1.54) is 18.6 Å². The van der Waals surface area contributed by atoms with Gasteiger partial charge >= 0.3 is 6.16 Å². The number of nitrogens with zero attached hydrogens (tertiary/aromatic N) is 3. The SMILES string of the molecule is CCOC(=O)Oc1ccc(C(=O)N2CCC(NC(=O)c3cnccn3)CC2)cc1. The number of aromatic nitrogens is 2. The van der Waals surface area contributed by atoms with E-state index >= 15 is 0 Å². The van der Waals surface area contributed by atoms with Crippen LogP contribution >= 0.6 is 0 Å². The van der Waals surface area contributed by atoms with E-state index in [-0.39, 0.29) is 30.2 Å². The van der Waals surface area contributed by atoms with E-state index in [2.05, 4.69) is 15.3 Å². The van der Waals surface area contributed by atoms with Gasteiger partial charge < -0.3 is 19.7 Å². The second-order valence-electron chi connectivity index (χ2n) is 6.44. The maximum absolute atomic E-state index is 12.7. The maximum Gasteiger partial charge on any atom is 0.513 e. The molecule has 2 amide bonds. The largest absolute Gasteiger partial charge is 0.513 e. The number of carbonyl (C=O) groups excluding carboxylic acids is 3. The molecule has 1 aromatic carbocycles. The smallest absolute Gasteiger partial charge is 0.434 e. The van der Waals surface area contributed by atoms with Gasteiger partial charge in [-0.1, -0.05) is 0 Å². The van der Waals surface area contributed by atoms with Crippen molar-refractivity contribution in [3.8, 4) is 5.75 Å². The quantitative estimate of drug-likeness (QED) is 0.606. The molecule has 0 aliphatic carbocycles. The standard InChI is InChI=1S/C20H22N4O5/c1-2-28-20(27)29-16-5-3-14(4-6-16)19(26)24-11-7-15(8-12-24)23-18(25)17-13-21-9-10-22-17/h3-6,9-10,13,15H,2,7-8,11-12H2,1H3,(H,23,25). The van der Waals surface area contributed by atoms with Crippen molar-refractivity contribution in [1.82, 2.24) is 20.2 Å². The molecule has 9 heteroatoms. The van der Waals surface area contributed by atoms with Crippen molar-refractivity contribution in [2.45, 2.75) is 25.8 Å². The summed E-state index contributed by atoms with van der Waals surface area (Å²) < 4.78 is 9.70. The van der Waals surface area contributed by atoms with E-state index in [0.717, 1.165) is 0 Å². The predicted molar refractivity (Wildman–Crippen MR) is 103 cm³/mol. The highest BCUT2D eigenvalue weighted by molar-refractivity contribution is 5.94. The number of rotatable bonds is 5. The van der Waals surface area contributed by atoms with Gasteiger partial charge in [-0.05, 0) is 44.0 Å². The summed E-state index contributed by atoms with van der Waals surface area (Å²) in [4.78, 5) is 45.8. The molecule has 0 radical (unpaired) electrons. The van der Waals surface area contributed by atoms with Gasteiger partial charge in [0.25, 0.3) is 11.8 Å². The van der Waals surface area contributed by atoms with Gasteiger partial charge in [0.2, 0.25) is 0 Å². The molecular formula is C20H22N4O5. The lowest BCUT2D eigenvalue weighted by Gasteiger charge is -2.32. The monoisotopic (exact) mass is 398 g/mol. The van der Waals surface area contributed by atoms with Crippen LogP contribution in [0.15, 0.2) is 42.9 Å². The number of benzene rings is 1. The Balaban J connectivity index is 1.49. The van der Waals surface area contributed by atoms with Gasteiger partial charge in [0.05, 0.1) is 12.8 Å². The number of piperidine rings is 1. The molecular weight excluding hydrogens is 376 g/mol. The minimum Gasteiger partial charge on any atom is -0.434 e. The van der Waals surface area contributed by atoms with Crippen LogP contribution in [0.2, 0.25) is 0 Å². The molecule has 1 aliphatic heterocycles. The molecule has 1 fully saturated rings. The second kappa shape index (κ2) is 9.63. The molecule has 0 spiro atoms. The Bertz CT molecular complexity index is 849. The first-order valence-corrected chi connectivity index (χ1v) is 9.37. The molecule has 2 heterocycles. The van der Waals surface area contributed by atoms with Crippen LogP contribution < -0.4 is 10.1 Å². The summed E-state index contributed by atoms with van der Waals surface area (Å²) in [5.74, 6) is -0.0584. The zero-order valence-electron chi connectivity index (χ0n) is 16.0. The third-order valence-corrected chi connectivity index (χ3v) is 4.48. The summed E-state index contributed by atoms with van der Waals surface area (Å²) in [7, 11) is 0. The second-order valence-corrected chi connectivity index (χ2v) is 6.44. The first-order valence-electron chi connectivity index (χ1n) is 9.37. The van der Waals surface area contributed by atoms with Crippen molar-refractivity contribution in [2.24, 2.45) is 0 Å². The van der Waals surface area contributed by atoms with Gasteiger partial charge in [0, 0.05) is 37.1 Å². The van der Waals surface area contributed by atoms with E-state index in [1.54, 1.807) is 36.1 Å². The van der Waals surface area contributed by atoms with Crippen LogP contribution in [0.5, 0.6) is 5.75 Å². The molecule has 0 bridgehead atoms. The van der Waals surface area contributed by atoms with Crippen molar-refractivity contribution in [3.63, 3.8) is 0 Å². The Labute approximate surface area is 168 Å². The average molecular weight is 398 g/mol. The molecule has 2 aromatic rings. The minimum atomic E-state index is -0.780. The van der Waals surface area contributed by atoms with Gasteiger partial charge in [-0.3, -0.25) is 14.6 Å². The molecule has 152 valence electrons. The molecule has 0 atom stereocenters. The lowest BCUT2D eigenvalue weighted by atomic mass is 10.0. The number of carbonyl (C=O) groups is 3. The number of likely N-dealkylation sites (tertiary alicyclic amines) is 1. The van der Waals surface area contributed by atoms with Crippen LogP contribution in [0, 0.1) is 0 Å². The molecule has 1 aliphatic rings. The van der Waals surface area contributed by atoms with Crippen molar-refractivity contribution < 1.29 is 23.9 Å². The van der Waals surface area contributed by atoms with Crippen LogP contribution in [-0.4, -0.2) is 58.6 Å². The van der Waals surface area contributed by atoms with Crippen molar-refractivity contribution in [2.75, 3.05) is 19.7 Å². The molecule has 0 saturated carbocycles. The van der Waals surface area contributed by atoms with Crippen LogP contribution in [0.25, 0.3) is 0 Å². The highest BCUT2D eigenvalue weighted by Crippen LogP contribution is 2.17. The summed E-state index contributed by atoms with van der Waals surface area (Å²) in [6, 6.07) is 6.31. The first-order chi connectivity index (χ1) is 14.1. The maximum atomic E-state index is 12.7. The molecule has 29 heavy (non-hydrogen) atoms.